The zero-order valence-electron chi connectivity index (χ0n) is 10.9. The second-order valence-corrected chi connectivity index (χ2v) is 4.43. The fourth-order valence-corrected chi connectivity index (χ4v) is 1.91. The summed E-state index contributed by atoms with van der Waals surface area (Å²) < 4.78 is 0. The van der Waals surface area contributed by atoms with Gasteiger partial charge in [-0.2, -0.15) is 5.10 Å². The van der Waals surface area contributed by atoms with Crippen LogP contribution >= 0.6 is 0 Å². The van der Waals surface area contributed by atoms with Crippen LogP contribution in [0.4, 0.5) is 0 Å². The van der Waals surface area contributed by atoms with Crippen LogP contribution in [0.15, 0.2) is 53.9 Å². The summed E-state index contributed by atoms with van der Waals surface area (Å²) in [7, 11) is 0. The molecule has 0 aliphatic carbocycles. The highest BCUT2D eigenvalue weighted by atomic mass is 16.3. The number of phenols is 1. The predicted molar refractivity (Wildman–Crippen MR) is 79.3 cm³/mol. The van der Waals surface area contributed by atoms with Gasteiger partial charge in [0.25, 0.3) is 5.91 Å². The molecule has 1 aromatic heterocycles. The number of carbonyl (C=O) groups excluding carboxylic acids is 1. The van der Waals surface area contributed by atoms with E-state index in [0.717, 1.165) is 11.0 Å². The number of aromatic amines is 1. The number of hydrogen-bond acceptors (Lipinski definition) is 4. The number of aromatic hydroxyl groups is 1. The normalized spacial score (nSPS) is 11.0. The van der Waals surface area contributed by atoms with Crippen molar-refractivity contribution in [2.24, 2.45) is 5.10 Å². The number of nitrogens with zero attached hydrogens (tertiary/aromatic N) is 2. The lowest BCUT2D eigenvalue weighted by Crippen LogP contribution is -2.17. The van der Waals surface area contributed by atoms with Crippen LogP contribution in [-0.4, -0.2) is 27.2 Å². The number of aromatic nitrogens is 2. The number of benzene rings is 2. The first-order chi connectivity index (χ1) is 10.2. The highest BCUT2D eigenvalue weighted by Crippen LogP contribution is 2.11. The maximum absolute atomic E-state index is 12.0. The smallest absolute Gasteiger partial charge is 0.271 e. The second-order valence-electron chi connectivity index (χ2n) is 4.43. The van der Waals surface area contributed by atoms with Crippen LogP contribution in [0.5, 0.6) is 5.75 Å². The molecule has 3 aromatic rings. The fourth-order valence-electron chi connectivity index (χ4n) is 1.91. The van der Waals surface area contributed by atoms with Crippen molar-refractivity contribution in [3.63, 3.8) is 0 Å². The molecule has 1 heterocycles. The number of hydrazone groups is 1. The Morgan fingerprint density at radius 3 is 3.05 bits per heavy atom. The van der Waals surface area contributed by atoms with E-state index in [2.05, 4.69) is 20.5 Å². The van der Waals surface area contributed by atoms with Crippen molar-refractivity contribution in [2.45, 2.75) is 0 Å². The summed E-state index contributed by atoms with van der Waals surface area (Å²) in [4.78, 5) is 19.0. The van der Waals surface area contributed by atoms with Gasteiger partial charge in [-0.3, -0.25) is 4.79 Å². The SMILES string of the molecule is O=C(NN=Cc1cccc(O)c1)c1ccc2nc[nH]c2c1. The molecule has 0 atom stereocenters. The lowest BCUT2D eigenvalue weighted by Gasteiger charge is -2.00. The van der Waals surface area contributed by atoms with Crippen LogP contribution in [-0.2, 0) is 0 Å². The Labute approximate surface area is 120 Å². The van der Waals surface area contributed by atoms with Crippen molar-refractivity contribution in [3.8, 4) is 5.75 Å². The summed E-state index contributed by atoms with van der Waals surface area (Å²) in [5, 5.41) is 13.2. The first-order valence-corrected chi connectivity index (χ1v) is 6.28. The Balaban J connectivity index is 1.71. The first kappa shape index (κ1) is 12.9. The number of amides is 1. The lowest BCUT2D eigenvalue weighted by atomic mass is 10.2. The number of hydrogen-bond donors (Lipinski definition) is 3. The molecule has 0 saturated heterocycles. The quantitative estimate of drug-likeness (QED) is 0.506. The predicted octanol–water partition coefficient (Wildman–Crippen LogP) is 2.03. The molecule has 2 aromatic carbocycles. The van der Waals surface area contributed by atoms with Crippen LogP contribution in [0.3, 0.4) is 0 Å². The molecule has 6 heteroatoms. The van der Waals surface area contributed by atoms with Crippen LogP contribution in [0.1, 0.15) is 15.9 Å². The van der Waals surface area contributed by atoms with Gasteiger partial charge in [-0.25, -0.2) is 10.4 Å². The molecule has 0 aliphatic heterocycles. The van der Waals surface area contributed by atoms with E-state index in [-0.39, 0.29) is 11.7 Å². The number of nitrogens with one attached hydrogen (secondary N) is 2. The number of imidazole rings is 1. The van der Waals surface area contributed by atoms with Gasteiger partial charge in [-0.1, -0.05) is 12.1 Å². The van der Waals surface area contributed by atoms with Gasteiger partial charge in [0.05, 0.1) is 23.6 Å². The molecular formula is C15H12N4O2. The Morgan fingerprint density at radius 1 is 1.29 bits per heavy atom. The maximum atomic E-state index is 12.0. The number of H-pyrrole nitrogens is 1. The third kappa shape index (κ3) is 2.89. The Bertz CT molecular complexity index is 823. The molecule has 0 bridgehead atoms. The summed E-state index contributed by atoms with van der Waals surface area (Å²) in [6, 6.07) is 11.7. The van der Waals surface area contributed by atoms with E-state index in [0.29, 0.717) is 11.1 Å². The van der Waals surface area contributed by atoms with Gasteiger partial charge >= 0.3 is 0 Å². The number of phenolic OH excluding ortho intramolecular Hbond substituents is 1. The Morgan fingerprint density at radius 2 is 2.19 bits per heavy atom. The molecular weight excluding hydrogens is 268 g/mol. The van der Waals surface area contributed by atoms with E-state index in [1.165, 1.54) is 6.21 Å². The van der Waals surface area contributed by atoms with Crippen molar-refractivity contribution >= 4 is 23.2 Å². The minimum absolute atomic E-state index is 0.148. The average Bonchev–Trinajstić information content (AvgIpc) is 2.94. The van der Waals surface area contributed by atoms with E-state index in [1.807, 2.05) is 0 Å². The highest BCUT2D eigenvalue weighted by molar-refractivity contribution is 5.97. The van der Waals surface area contributed by atoms with Gasteiger partial charge in [0.1, 0.15) is 5.75 Å². The van der Waals surface area contributed by atoms with Crippen molar-refractivity contribution in [1.29, 1.82) is 0 Å². The average molecular weight is 280 g/mol. The molecule has 0 unspecified atom stereocenters. The maximum Gasteiger partial charge on any atom is 0.271 e. The fraction of sp³-hybridized carbons (Fsp3) is 0. The van der Waals surface area contributed by atoms with Crippen LogP contribution < -0.4 is 5.43 Å². The number of rotatable bonds is 3. The Kier molecular flexibility index (Phi) is 3.34. The summed E-state index contributed by atoms with van der Waals surface area (Å²) in [6.45, 7) is 0. The van der Waals surface area contributed by atoms with Gasteiger partial charge < -0.3 is 10.1 Å². The monoisotopic (exact) mass is 280 g/mol. The molecule has 3 rings (SSSR count). The molecule has 1 amide bonds. The minimum atomic E-state index is -0.317. The van der Waals surface area contributed by atoms with Gasteiger partial charge in [-0.05, 0) is 35.9 Å². The van der Waals surface area contributed by atoms with Gasteiger partial charge in [0, 0.05) is 5.56 Å². The zero-order valence-corrected chi connectivity index (χ0v) is 10.9. The van der Waals surface area contributed by atoms with Crippen LogP contribution in [0, 0.1) is 0 Å². The van der Waals surface area contributed by atoms with E-state index in [9.17, 15) is 9.90 Å². The molecule has 0 aliphatic rings. The van der Waals surface area contributed by atoms with Crippen LogP contribution in [0.25, 0.3) is 11.0 Å². The van der Waals surface area contributed by atoms with Gasteiger partial charge in [0.2, 0.25) is 0 Å². The zero-order chi connectivity index (χ0) is 14.7. The molecule has 0 radical (unpaired) electrons. The minimum Gasteiger partial charge on any atom is -0.508 e. The van der Waals surface area contributed by atoms with E-state index < -0.39 is 0 Å². The summed E-state index contributed by atoms with van der Waals surface area (Å²) in [6.07, 6.45) is 3.04. The van der Waals surface area contributed by atoms with Gasteiger partial charge in [0.15, 0.2) is 0 Å². The molecule has 0 saturated carbocycles. The van der Waals surface area contributed by atoms with Crippen molar-refractivity contribution < 1.29 is 9.90 Å². The molecule has 3 N–H and O–H groups in total. The molecule has 6 nitrogen and oxygen atoms in total. The number of carbonyl (C=O) groups is 1. The van der Waals surface area contributed by atoms with E-state index in [1.54, 1.807) is 48.8 Å². The highest BCUT2D eigenvalue weighted by Gasteiger charge is 2.06. The molecule has 0 fully saturated rings. The first-order valence-electron chi connectivity index (χ1n) is 6.28. The summed E-state index contributed by atoms with van der Waals surface area (Å²) >= 11 is 0. The van der Waals surface area contributed by atoms with Crippen molar-refractivity contribution in [1.82, 2.24) is 15.4 Å². The summed E-state index contributed by atoms with van der Waals surface area (Å²) in [5.41, 5.74) is 5.21. The van der Waals surface area contributed by atoms with E-state index in [4.69, 9.17) is 0 Å². The molecule has 21 heavy (non-hydrogen) atoms. The Hall–Kier alpha value is -3.15. The van der Waals surface area contributed by atoms with E-state index >= 15 is 0 Å². The summed E-state index contributed by atoms with van der Waals surface area (Å²) in [5.74, 6) is -0.169. The van der Waals surface area contributed by atoms with Crippen molar-refractivity contribution in [3.05, 3.63) is 59.9 Å². The largest absolute Gasteiger partial charge is 0.508 e. The lowest BCUT2D eigenvalue weighted by molar-refractivity contribution is 0.0955. The van der Waals surface area contributed by atoms with Gasteiger partial charge in [-0.15, -0.1) is 0 Å². The second kappa shape index (κ2) is 5.46. The molecule has 104 valence electrons. The topological polar surface area (TPSA) is 90.4 Å². The standard InChI is InChI=1S/C15H12N4O2/c20-12-3-1-2-10(6-12)8-18-19-15(21)11-4-5-13-14(7-11)17-9-16-13/h1-9,20H,(H,16,17)(H,19,21). The third-order valence-electron chi connectivity index (χ3n) is 2.93. The van der Waals surface area contributed by atoms with Crippen molar-refractivity contribution in [2.75, 3.05) is 0 Å². The number of fused-ring (bicyclic) bond motifs is 1. The van der Waals surface area contributed by atoms with Crippen LogP contribution in [0.2, 0.25) is 0 Å². The molecule has 0 spiro atoms. The third-order valence-corrected chi connectivity index (χ3v) is 2.93.